The molecule has 6 nitrogen and oxygen atoms in total. The summed E-state index contributed by atoms with van der Waals surface area (Å²) in [5, 5.41) is 13.5. The van der Waals surface area contributed by atoms with Crippen molar-refractivity contribution in [2.75, 3.05) is 13.1 Å². The summed E-state index contributed by atoms with van der Waals surface area (Å²) in [5.41, 5.74) is 0. The largest absolute Gasteiger partial charge is 0.480 e. The van der Waals surface area contributed by atoms with Gasteiger partial charge in [-0.15, -0.1) is 11.3 Å². The van der Waals surface area contributed by atoms with Gasteiger partial charge in [-0.2, -0.15) is 0 Å². The molecule has 0 aromatic carbocycles. The van der Waals surface area contributed by atoms with Gasteiger partial charge in [0.25, 0.3) is 0 Å². The van der Waals surface area contributed by atoms with Crippen LogP contribution in [0.3, 0.4) is 0 Å². The molecule has 20 heavy (non-hydrogen) atoms. The van der Waals surface area contributed by atoms with Crippen LogP contribution in [0.25, 0.3) is 0 Å². The van der Waals surface area contributed by atoms with E-state index in [2.05, 4.69) is 5.32 Å². The average Bonchev–Trinajstić information content (AvgIpc) is 2.86. The molecular weight excluding hydrogens is 280 g/mol. The second kappa shape index (κ2) is 7.64. The van der Waals surface area contributed by atoms with Crippen LogP contribution in [0.15, 0.2) is 17.5 Å². The van der Waals surface area contributed by atoms with Crippen molar-refractivity contribution in [1.82, 2.24) is 10.2 Å². The molecule has 2 N–H and O–H groups in total. The zero-order valence-electron chi connectivity index (χ0n) is 11.5. The fourth-order valence-electron chi connectivity index (χ4n) is 1.68. The van der Waals surface area contributed by atoms with Crippen LogP contribution in [0.2, 0.25) is 0 Å². The Hall–Kier alpha value is -1.89. The molecule has 0 spiro atoms. The molecule has 1 heterocycles. The lowest BCUT2D eigenvalue weighted by Crippen LogP contribution is -2.47. The van der Waals surface area contributed by atoms with E-state index in [1.807, 2.05) is 17.5 Å². The van der Waals surface area contributed by atoms with E-state index in [4.69, 9.17) is 5.11 Å². The van der Waals surface area contributed by atoms with Crippen molar-refractivity contribution < 1.29 is 19.5 Å². The van der Waals surface area contributed by atoms with Gasteiger partial charge in [-0.3, -0.25) is 9.59 Å². The first-order chi connectivity index (χ1) is 9.41. The van der Waals surface area contributed by atoms with Crippen LogP contribution >= 0.6 is 11.3 Å². The quantitative estimate of drug-likeness (QED) is 0.777. The number of carboxylic acid groups (broad SMARTS) is 1. The number of amides is 2. The van der Waals surface area contributed by atoms with Gasteiger partial charge in [-0.05, 0) is 18.4 Å². The SMILES string of the molecule is CC(=O)NCCN(C(=O)Cc1cccs1)C(C)C(=O)O. The van der Waals surface area contributed by atoms with Gasteiger partial charge in [0.2, 0.25) is 11.8 Å². The van der Waals surface area contributed by atoms with Crippen LogP contribution in [-0.4, -0.2) is 46.9 Å². The third kappa shape index (κ3) is 5.00. The van der Waals surface area contributed by atoms with Crippen molar-refractivity contribution in [3.63, 3.8) is 0 Å². The summed E-state index contributed by atoms with van der Waals surface area (Å²) in [6.45, 7) is 3.25. The molecule has 1 atom stereocenters. The molecule has 1 aromatic rings. The van der Waals surface area contributed by atoms with Gasteiger partial charge in [-0.1, -0.05) is 6.07 Å². The number of nitrogens with one attached hydrogen (secondary N) is 1. The Balaban J connectivity index is 2.67. The van der Waals surface area contributed by atoms with Crippen LogP contribution in [0.5, 0.6) is 0 Å². The summed E-state index contributed by atoms with van der Waals surface area (Å²) >= 11 is 1.45. The van der Waals surface area contributed by atoms with Gasteiger partial charge >= 0.3 is 5.97 Å². The second-order valence-electron chi connectivity index (χ2n) is 4.34. The van der Waals surface area contributed by atoms with E-state index in [-0.39, 0.29) is 31.3 Å². The molecule has 1 rings (SSSR count). The Labute approximate surface area is 121 Å². The third-order valence-corrected chi connectivity index (χ3v) is 3.65. The van der Waals surface area contributed by atoms with Gasteiger partial charge in [0.15, 0.2) is 0 Å². The number of thiophene rings is 1. The minimum absolute atomic E-state index is 0.176. The predicted molar refractivity (Wildman–Crippen MR) is 75.5 cm³/mol. The number of carbonyl (C=O) groups is 3. The van der Waals surface area contributed by atoms with Crippen molar-refractivity contribution in [2.45, 2.75) is 26.3 Å². The zero-order valence-corrected chi connectivity index (χ0v) is 12.3. The van der Waals surface area contributed by atoms with E-state index < -0.39 is 12.0 Å². The molecule has 2 amide bonds. The maximum atomic E-state index is 12.2. The van der Waals surface area contributed by atoms with Crippen LogP contribution in [0.1, 0.15) is 18.7 Å². The summed E-state index contributed by atoms with van der Waals surface area (Å²) in [7, 11) is 0. The summed E-state index contributed by atoms with van der Waals surface area (Å²) in [6.07, 6.45) is 0.176. The van der Waals surface area contributed by atoms with Crippen LogP contribution < -0.4 is 5.32 Å². The Morgan fingerprint density at radius 1 is 1.45 bits per heavy atom. The highest BCUT2D eigenvalue weighted by Gasteiger charge is 2.25. The number of hydrogen-bond acceptors (Lipinski definition) is 4. The molecule has 0 radical (unpaired) electrons. The van der Waals surface area contributed by atoms with Gasteiger partial charge in [0.05, 0.1) is 6.42 Å². The Morgan fingerprint density at radius 2 is 2.15 bits per heavy atom. The highest BCUT2D eigenvalue weighted by Crippen LogP contribution is 2.12. The minimum atomic E-state index is -1.06. The van der Waals surface area contributed by atoms with E-state index in [0.29, 0.717) is 0 Å². The number of carbonyl (C=O) groups excluding carboxylic acids is 2. The second-order valence-corrected chi connectivity index (χ2v) is 5.37. The summed E-state index contributed by atoms with van der Waals surface area (Å²) in [4.78, 5) is 36.2. The fraction of sp³-hybridized carbons (Fsp3) is 0.462. The Morgan fingerprint density at radius 3 is 2.65 bits per heavy atom. The van der Waals surface area contributed by atoms with Crippen LogP contribution in [0.4, 0.5) is 0 Å². The molecule has 1 aromatic heterocycles. The van der Waals surface area contributed by atoms with Crippen LogP contribution in [-0.2, 0) is 20.8 Å². The lowest BCUT2D eigenvalue weighted by molar-refractivity contribution is -0.149. The third-order valence-electron chi connectivity index (χ3n) is 2.78. The van der Waals surface area contributed by atoms with Gasteiger partial charge in [-0.25, -0.2) is 4.79 Å². The first kappa shape index (κ1) is 16.2. The molecule has 0 bridgehead atoms. The molecule has 110 valence electrons. The number of hydrogen-bond donors (Lipinski definition) is 2. The highest BCUT2D eigenvalue weighted by atomic mass is 32.1. The summed E-state index contributed by atoms with van der Waals surface area (Å²) < 4.78 is 0. The minimum Gasteiger partial charge on any atom is -0.480 e. The van der Waals surface area contributed by atoms with Crippen molar-refractivity contribution in [1.29, 1.82) is 0 Å². The Bertz CT molecular complexity index is 473. The Kier molecular flexibility index (Phi) is 6.17. The average molecular weight is 298 g/mol. The number of rotatable bonds is 7. The standard InChI is InChI=1S/C13H18N2O4S/c1-9(13(18)19)15(6-5-14-10(2)16)12(17)8-11-4-3-7-20-11/h3-4,7,9H,5-6,8H2,1-2H3,(H,14,16)(H,18,19). The zero-order chi connectivity index (χ0) is 15.1. The normalized spacial score (nSPS) is 11.7. The maximum absolute atomic E-state index is 12.2. The van der Waals surface area contributed by atoms with E-state index in [1.54, 1.807) is 0 Å². The lowest BCUT2D eigenvalue weighted by atomic mass is 10.2. The number of aliphatic carboxylic acids is 1. The van der Waals surface area contributed by atoms with Crippen molar-refractivity contribution in [3.05, 3.63) is 22.4 Å². The van der Waals surface area contributed by atoms with Gasteiger partial charge in [0.1, 0.15) is 6.04 Å². The first-order valence-corrected chi connectivity index (χ1v) is 7.09. The molecule has 0 saturated carbocycles. The maximum Gasteiger partial charge on any atom is 0.326 e. The van der Waals surface area contributed by atoms with E-state index in [1.165, 1.54) is 30.1 Å². The van der Waals surface area contributed by atoms with Crippen LogP contribution in [0, 0.1) is 0 Å². The smallest absolute Gasteiger partial charge is 0.326 e. The molecule has 0 saturated heterocycles. The first-order valence-electron chi connectivity index (χ1n) is 6.21. The predicted octanol–water partition coefficient (Wildman–Crippen LogP) is 0.728. The molecule has 0 aliphatic heterocycles. The molecule has 0 aliphatic carbocycles. The van der Waals surface area contributed by atoms with Gasteiger partial charge in [0, 0.05) is 24.9 Å². The van der Waals surface area contributed by atoms with Gasteiger partial charge < -0.3 is 15.3 Å². The molecule has 0 aliphatic rings. The van der Waals surface area contributed by atoms with Crippen molar-refractivity contribution in [3.8, 4) is 0 Å². The summed E-state index contributed by atoms with van der Waals surface area (Å²) in [5.74, 6) is -1.53. The highest BCUT2D eigenvalue weighted by molar-refractivity contribution is 7.10. The summed E-state index contributed by atoms with van der Waals surface area (Å²) in [6, 6.07) is 2.76. The molecule has 1 unspecified atom stereocenters. The van der Waals surface area contributed by atoms with Crippen molar-refractivity contribution >= 4 is 29.1 Å². The number of carboxylic acids is 1. The molecule has 0 fully saturated rings. The number of nitrogens with zero attached hydrogens (tertiary/aromatic N) is 1. The van der Waals surface area contributed by atoms with Crippen molar-refractivity contribution in [2.24, 2.45) is 0 Å². The topological polar surface area (TPSA) is 86.7 Å². The van der Waals surface area contributed by atoms with E-state index in [0.717, 1.165) is 4.88 Å². The molecule has 7 heteroatoms. The van der Waals surface area contributed by atoms with E-state index in [9.17, 15) is 14.4 Å². The lowest BCUT2D eigenvalue weighted by Gasteiger charge is -2.26. The monoisotopic (exact) mass is 298 g/mol. The fourth-order valence-corrected chi connectivity index (χ4v) is 2.38. The van der Waals surface area contributed by atoms with E-state index >= 15 is 0 Å². The molecular formula is C13H18N2O4S.